The lowest BCUT2D eigenvalue weighted by Crippen LogP contribution is -2.05. The molecule has 0 bridgehead atoms. The molecule has 0 fully saturated rings. The van der Waals surface area contributed by atoms with E-state index in [4.69, 9.17) is 0 Å². The standard InChI is InChI=1S/C10H7F2IO2/c1-5(15)8-3-7(13)2-6(4-14)9(8)10(11)12/h2-4,10H,1H3. The quantitative estimate of drug-likeness (QED) is 0.486. The van der Waals surface area contributed by atoms with Crippen molar-refractivity contribution in [2.75, 3.05) is 0 Å². The molecule has 80 valence electrons. The number of carbonyl (C=O) groups excluding carboxylic acids is 2. The van der Waals surface area contributed by atoms with Gasteiger partial charge in [-0.3, -0.25) is 9.59 Å². The SMILES string of the molecule is CC(=O)c1cc(I)cc(C=O)c1C(F)F. The van der Waals surface area contributed by atoms with Gasteiger partial charge >= 0.3 is 0 Å². The van der Waals surface area contributed by atoms with Crippen molar-refractivity contribution in [2.24, 2.45) is 0 Å². The summed E-state index contributed by atoms with van der Waals surface area (Å²) in [5, 5.41) is 0. The van der Waals surface area contributed by atoms with E-state index in [1.54, 1.807) is 0 Å². The maximum atomic E-state index is 12.7. The molecule has 0 spiro atoms. The summed E-state index contributed by atoms with van der Waals surface area (Å²) in [6.07, 6.45) is -2.48. The van der Waals surface area contributed by atoms with Gasteiger partial charge in [0.1, 0.15) is 0 Å². The number of carbonyl (C=O) groups is 2. The predicted molar refractivity (Wildman–Crippen MR) is 59.5 cm³/mol. The van der Waals surface area contributed by atoms with E-state index in [0.29, 0.717) is 9.86 Å². The maximum Gasteiger partial charge on any atom is 0.265 e. The average molecular weight is 324 g/mol. The first-order chi connectivity index (χ1) is 6.97. The minimum Gasteiger partial charge on any atom is -0.298 e. The zero-order valence-electron chi connectivity index (χ0n) is 7.76. The van der Waals surface area contributed by atoms with Crippen LogP contribution in [0.1, 0.15) is 39.6 Å². The number of alkyl halides is 2. The van der Waals surface area contributed by atoms with Gasteiger partial charge in [-0.15, -0.1) is 0 Å². The van der Waals surface area contributed by atoms with Crippen LogP contribution in [0.15, 0.2) is 12.1 Å². The molecular formula is C10H7F2IO2. The summed E-state index contributed by atoms with van der Waals surface area (Å²) >= 11 is 1.87. The van der Waals surface area contributed by atoms with Crippen LogP contribution >= 0.6 is 22.6 Å². The number of rotatable bonds is 3. The Labute approximate surface area is 98.8 Å². The lowest BCUT2D eigenvalue weighted by molar-refractivity contribution is 0.0997. The molecule has 0 amide bonds. The summed E-state index contributed by atoms with van der Waals surface area (Å²) in [6.45, 7) is 1.20. The third-order valence-corrected chi connectivity index (χ3v) is 2.52. The van der Waals surface area contributed by atoms with Crippen molar-refractivity contribution in [2.45, 2.75) is 13.3 Å². The average Bonchev–Trinajstić information content (AvgIpc) is 2.15. The van der Waals surface area contributed by atoms with Crippen LogP contribution in [0.3, 0.4) is 0 Å². The van der Waals surface area contributed by atoms with E-state index in [1.807, 2.05) is 22.6 Å². The van der Waals surface area contributed by atoms with E-state index < -0.39 is 17.8 Å². The first kappa shape index (κ1) is 12.2. The van der Waals surface area contributed by atoms with Crippen molar-refractivity contribution in [1.82, 2.24) is 0 Å². The Hall–Kier alpha value is -0.850. The van der Waals surface area contributed by atoms with Gasteiger partial charge in [-0.05, 0) is 41.6 Å². The highest BCUT2D eigenvalue weighted by Crippen LogP contribution is 2.28. The maximum absolute atomic E-state index is 12.7. The van der Waals surface area contributed by atoms with E-state index in [0.717, 1.165) is 0 Å². The van der Waals surface area contributed by atoms with Gasteiger partial charge in [0.05, 0.1) is 0 Å². The van der Waals surface area contributed by atoms with E-state index in [9.17, 15) is 18.4 Å². The van der Waals surface area contributed by atoms with Gasteiger partial charge in [0.2, 0.25) is 0 Å². The fourth-order valence-electron chi connectivity index (χ4n) is 1.27. The summed E-state index contributed by atoms with van der Waals surface area (Å²) in [7, 11) is 0. The Morgan fingerprint density at radius 3 is 2.47 bits per heavy atom. The van der Waals surface area contributed by atoms with Crippen molar-refractivity contribution in [3.63, 3.8) is 0 Å². The highest BCUT2D eigenvalue weighted by molar-refractivity contribution is 14.1. The Morgan fingerprint density at radius 1 is 1.47 bits per heavy atom. The van der Waals surface area contributed by atoms with Crippen molar-refractivity contribution in [3.05, 3.63) is 32.4 Å². The Kier molecular flexibility index (Phi) is 3.90. The van der Waals surface area contributed by atoms with E-state index >= 15 is 0 Å². The number of halogens is 3. The van der Waals surface area contributed by atoms with Crippen molar-refractivity contribution in [1.29, 1.82) is 0 Å². The summed E-state index contributed by atoms with van der Waals surface area (Å²) in [6, 6.07) is 2.69. The van der Waals surface area contributed by atoms with E-state index in [-0.39, 0.29) is 11.1 Å². The highest BCUT2D eigenvalue weighted by atomic mass is 127. The summed E-state index contributed by atoms with van der Waals surface area (Å²) in [5.74, 6) is -0.466. The summed E-state index contributed by atoms with van der Waals surface area (Å²) in [5.41, 5.74) is -0.681. The molecular weight excluding hydrogens is 317 g/mol. The zero-order chi connectivity index (χ0) is 11.6. The van der Waals surface area contributed by atoms with Gasteiger partial charge in [-0.2, -0.15) is 0 Å². The second-order valence-corrected chi connectivity index (χ2v) is 4.18. The predicted octanol–water partition coefficient (Wildman–Crippen LogP) is 3.24. The number of hydrogen-bond donors (Lipinski definition) is 0. The molecule has 0 saturated carbocycles. The van der Waals surface area contributed by atoms with Crippen LogP contribution in [0.2, 0.25) is 0 Å². The van der Waals surface area contributed by atoms with Gasteiger partial charge in [-0.25, -0.2) is 8.78 Å². The smallest absolute Gasteiger partial charge is 0.265 e. The molecule has 15 heavy (non-hydrogen) atoms. The second kappa shape index (κ2) is 4.78. The first-order valence-electron chi connectivity index (χ1n) is 4.05. The molecule has 0 saturated heterocycles. The van der Waals surface area contributed by atoms with Crippen LogP contribution < -0.4 is 0 Å². The molecule has 2 nitrogen and oxygen atoms in total. The van der Waals surface area contributed by atoms with E-state index in [2.05, 4.69) is 0 Å². The molecule has 0 aliphatic rings. The monoisotopic (exact) mass is 324 g/mol. The molecule has 0 radical (unpaired) electrons. The van der Waals surface area contributed by atoms with E-state index in [1.165, 1.54) is 19.1 Å². The molecule has 0 atom stereocenters. The van der Waals surface area contributed by atoms with Crippen LogP contribution in [0.5, 0.6) is 0 Å². The molecule has 1 aromatic rings. The molecule has 0 aliphatic heterocycles. The van der Waals surface area contributed by atoms with Gasteiger partial charge in [0.15, 0.2) is 12.1 Å². The summed E-state index contributed by atoms with van der Waals surface area (Å²) < 4.78 is 25.9. The van der Waals surface area contributed by atoms with Crippen LogP contribution in [0.25, 0.3) is 0 Å². The zero-order valence-corrected chi connectivity index (χ0v) is 9.92. The fraction of sp³-hybridized carbons (Fsp3) is 0.200. The summed E-state index contributed by atoms with van der Waals surface area (Å²) in [4.78, 5) is 21.7. The number of Topliss-reactive ketones (excluding diaryl/α,β-unsaturated/α-hetero) is 1. The van der Waals surface area contributed by atoms with Gasteiger partial charge in [0, 0.05) is 20.3 Å². The molecule has 5 heteroatoms. The Bertz CT molecular complexity index is 416. The number of ketones is 1. The first-order valence-corrected chi connectivity index (χ1v) is 5.13. The minimum absolute atomic E-state index is 0.0843. The van der Waals surface area contributed by atoms with Gasteiger partial charge in [0.25, 0.3) is 6.43 Å². The normalized spacial score (nSPS) is 10.5. The number of benzene rings is 1. The number of hydrogen-bond acceptors (Lipinski definition) is 2. The molecule has 0 unspecified atom stereocenters. The Morgan fingerprint density at radius 2 is 2.07 bits per heavy atom. The molecule has 0 heterocycles. The molecule has 0 N–H and O–H groups in total. The lowest BCUT2D eigenvalue weighted by atomic mass is 9.99. The molecule has 1 aromatic carbocycles. The molecule has 0 aliphatic carbocycles. The Balaban J connectivity index is 3.54. The fourth-order valence-corrected chi connectivity index (χ4v) is 1.92. The third-order valence-electron chi connectivity index (χ3n) is 1.90. The van der Waals surface area contributed by atoms with Gasteiger partial charge in [-0.1, -0.05) is 0 Å². The van der Waals surface area contributed by atoms with Crippen molar-refractivity contribution >= 4 is 34.7 Å². The van der Waals surface area contributed by atoms with Crippen LogP contribution in [0, 0.1) is 3.57 Å². The van der Waals surface area contributed by atoms with Crippen LogP contribution in [-0.4, -0.2) is 12.1 Å². The van der Waals surface area contributed by atoms with Crippen LogP contribution in [0.4, 0.5) is 8.78 Å². The highest BCUT2D eigenvalue weighted by Gasteiger charge is 2.20. The third kappa shape index (κ3) is 2.58. The molecule has 1 rings (SSSR count). The van der Waals surface area contributed by atoms with Crippen molar-refractivity contribution < 1.29 is 18.4 Å². The lowest BCUT2D eigenvalue weighted by Gasteiger charge is -2.09. The van der Waals surface area contributed by atoms with Crippen LogP contribution in [-0.2, 0) is 0 Å². The van der Waals surface area contributed by atoms with Crippen molar-refractivity contribution in [3.8, 4) is 0 Å². The molecule has 0 aromatic heterocycles. The topological polar surface area (TPSA) is 34.1 Å². The number of aldehydes is 1. The largest absolute Gasteiger partial charge is 0.298 e. The van der Waals surface area contributed by atoms with Gasteiger partial charge < -0.3 is 0 Å². The second-order valence-electron chi connectivity index (χ2n) is 2.93. The minimum atomic E-state index is -2.82.